The van der Waals surface area contributed by atoms with Gasteiger partial charge >= 0.3 is 0 Å². The number of pyridine rings is 1. The Kier molecular flexibility index (Phi) is 3.90. The lowest BCUT2D eigenvalue weighted by Crippen LogP contribution is -2.39. The Labute approximate surface area is 118 Å². The van der Waals surface area contributed by atoms with Crippen LogP contribution in [0, 0.1) is 0 Å². The summed E-state index contributed by atoms with van der Waals surface area (Å²) in [7, 11) is 1.67. The molecule has 0 unspecified atom stereocenters. The topological polar surface area (TPSA) is 58.4 Å². The van der Waals surface area contributed by atoms with Gasteiger partial charge in [-0.05, 0) is 38.1 Å². The fourth-order valence-electron chi connectivity index (χ4n) is 2.03. The van der Waals surface area contributed by atoms with Crippen molar-refractivity contribution in [2.45, 2.75) is 19.4 Å². The van der Waals surface area contributed by atoms with Gasteiger partial charge in [0.25, 0.3) is 5.91 Å². The molecule has 20 heavy (non-hydrogen) atoms. The third-order valence-electron chi connectivity index (χ3n) is 2.83. The second-order valence-corrected chi connectivity index (χ2v) is 5.47. The SMILES string of the molecule is CN(CC(C)(C)O)C(=O)c1ccc(-n2cccc2)nc1. The molecule has 0 spiro atoms. The van der Waals surface area contributed by atoms with E-state index in [2.05, 4.69) is 4.98 Å². The minimum atomic E-state index is -0.914. The van der Waals surface area contributed by atoms with Gasteiger partial charge in [0.1, 0.15) is 5.82 Å². The maximum atomic E-state index is 12.2. The number of aromatic nitrogens is 2. The van der Waals surface area contributed by atoms with Crippen molar-refractivity contribution >= 4 is 5.91 Å². The Balaban J connectivity index is 2.12. The smallest absolute Gasteiger partial charge is 0.255 e. The minimum Gasteiger partial charge on any atom is -0.389 e. The van der Waals surface area contributed by atoms with E-state index in [1.807, 2.05) is 29.1 Å². The largest absolute Gasteiger partial charge is 0.389 e. The summed E-state index contributed by atoms with van der Waals surface area (Å²) in [6.07, 6.45) is 5.34. The number of amides is 1. The molecule has 0 aliphatic heterocycles. The highest BCUT2D eigenvalue weighted by Crippen LogP contribution is 2.10. The number of likely N-dealkylation sites (N-methyl/N-ethyl adjacent to an activating group) is 1. The number of hydrogen-bond acceptors (Lipinski definition) is 3. The molecule has 0 aliphatic rings. The Bertz CT molecular complexity index is 568. The van der Waals surface area contributed by atoms with E-state index in [1.54, 1.807) is 39.2 Å². The van der Waals surface area contributed by atoms with Crippen LogP contribution in [0.15, 0.2) is 42.9 Å². The predicted octanol–water partition coefficient (Wildman–Crippen LogP) is 1.72. The van der Waals surface area contributed by atoms with Crippen LogP contribution < -0.4 is 0 Å². The van der Waals surface area contributed by atoms with Crippen molar-refractivity contribution in [2.75, 3.05) is 13.6 Å². The molecule has 0 radical (unpaired) electrons. The second kappa shape index (κ2) is 5.46. The van der Waals surface area contributed by atoms with Crippen LogP contribution in [-0.2, 0) is 0 Å². The molecular formula is C15H19N3O2. The monoisotopic (exact) mass is 273 g/mol. The Morgan fingerprint density at radius 2 is 2.00 bits per heavy atom. The van der Waals surface area contributed by atoms with Gasteiger partial charge in [-0.25, -0.2) is 4.98 Å². The number of hydrogen-bond donors (Lipinski definition) is 1. The van der Waals surface area contributed by atoms with Crippen molar-refractivity contribution in [3.63, 3.8) is 0 Å². The lowest BCUT2D eigenvalue weighted by molar-refractivity contribution is 0.0367. The summed E-state index contributed by atoms with van der Waals surface area (Å²) in [5.74, 6) is 0.607. The molecule has 0 saturated carbocycles. The normalized spacial score (nSPS) is 11.4. The van der Waals surface area contributed by atoms with E-state index < -0.39 is 5.60 Å². The number of rotatable bonds is 4. The first-order valence-electron chi connectivity index (χ1n) is 6.44. The first-order chi connectivity index (χ1) is 9.37. The lowest BCUT2D eigenvalue weighted by Gasteiger charge is -2.25. The molecule has 0 bridgehead atoms. The van der Waals surface area contributed by atoms with E-state index in [1.165, 1.54) is 4.90 Å². The van der Waals surface area contributed by atoms with Gasteiger partial charge in [0, 0.05) is 32.2 Å². The predicted molar refractivity (Wildman–Crippen MR) is 76.8 cm³/mol. The highest BCUT2D eigenvalue weighted by atomic mass is 16.3. The zero-order valence-corrected chi connectivity index (χ0v) is 11.9. The zero-order chi connectivity index (χ0) is 14.8. The van der Waals surface area contributed by atoms with Crippen LogP contribution in [0.2, 0.25) is 0 Å². The summed E-state index contributed by atoms with van der Waals surface area (Å²) < 4.78 is 1.87. The van der Waals surface area contributed by atoms with Crippen LogP contribution in [0.5, 0.6) is 0 Å². The third kappa shape index (κ3) is 3.45. The van der Waals surface area contributed by atoms with Crippen molar-refractivity contribution in [1.82, 2.24) is 14.5 Å². The van der Waals surface area contributed by atoms with Crippen LogP contribution in [0.4, 0.5) is 0 Å². The molecule has 2 aromatic rings. The lowest BCUT2D eigenvalue weighted by atomic mass is 10.1. The fourth-order valence-corrected chi connectivity index (χ4v) is 2.03. The molecule has 0 atom stereocenters. The molecule has 5 heteroatoms. The Morgan fingerprint density at radius 3 is 2.50 bits per heavy atom. The standard InChI is InChI=1S/C15H19N3O2/c1-15(2,20)11-17(3)14(19)12-6-7-13(16-10-12)18-8-4-5-9-18/h4-10,20H,11H2,1-3H3. The van der Waals surface area contributed by atoms with Gasteiger partial charge in [0.15, 0.2) is 0 Å². The van der Waals surface area contributed by atoms with Gasteiger partial charge in [-0.1, -0.05) is 0 Å². The average Bonchev–Trinajstić information content (AvgIpc) is 2.90. The summed E-state index contributed by atoms with van der Waals surface area (Å²) in [5, 5.41) is 9.74. The Morgan fingerprint density at radius 1 is 1.35 bits per heavy atom. The van der Waals surface area contributed by atoms with Crippen molar-refractivity contribution in [3.8, 4) is 5.82 Å². The third-order valence-corrected chi connectivity index (χ3v) is 2.83. The molecule has 0 aromatic carbocycles. The number of carbonyl (C=O) groups is 1. The molecule has 2 rings (SSSR count). The number of aliphatic hydroxyl groups is 1. The van der Waals surface area contributed by atoms with E-state index in [9.17, 15) is 9.90 Å². The molecule has 1 amide bonds. The van der Waals surface area contributed by atoms with Crippen LogP contribution >= 0.6 is 0 Å². The van der Waals surface area contributed by atoms with E-state index in [0.29, 0.717) is 5.56 Å². The average molecular weight is 273 g/mol. The summed E-state index contributed by atoms with van der Waals surface area (Å²) in [6, 6.07) is 7.37. The fraction of sp³-hybridized carbons (Fsp3) is 0.333. The zero-order valence-electron chi connectivity index (χ0n) is 11.9. The van der Waals surface area contributed by atoms with E-state index in [4.69, 9.17) is 0 Å². The van der Waals surface area contributed by atoms with Gasteiger partial charge in [-0.15, -0.1) is 0 Å². The number of carbonyl (C=O) groups excluding carboxylic acids is 1. The van der Waals surface area contributed by atoms with Crippen LogP contribution in [0.25, 0.3) is 5.82 Å². The number of nitrogens with zero attached hydrogens (tertiary/aromatic N) is 3. The van der Waals surface area contributed by atoms with Crippen molar-refractivity contribution in [2.24, 2.45) is 0 Å². The molecule has 0 saturated heterocycles. The van der Waals surface area contributed by atoms with Gasteiger partial charge < -0.3 is 14.6 Å². The van der Waals surface area contributed by atoms with Gasteiger partial charge in [0.05, 0.1) is 11.2 Å². The van der Waals surface area contributed by atoms with Gasteiger partial charge in [-0.3, -0.25) is 4.79 Å². The molecule has 2 aromatic heterocycles. The molecule has 106 valence electrons. The Hall–Kier alpha value is -2.14. The highest BCUT2D eigenvalue weighted by Gasteiger charge is 2.20. The van der Waals surface area contributed by atoms with E-state index in [-0.39, 0.29) is 12.5 Å². The first-order valence-corrected chi connectivity index (χ1v) is 6.44. The molecule has 5 nitrogen and oxygen atoms in total. The summed E-state index contributed by atoms with van der Waals surface area (Å²) in [6.45, 7) is 3.61. The van der Waals surface area contributed by atoms with Crippen LogP contribution in [0.1, 0.15) is 24.2 Å². The van der Waals surface area contributed by atoms with Crippen LogP contribution in [-0.4, -0.2) is 44.7 Å². The summed E-state index contributed by atoms with van der Waals surface area (Å²) >= 11 is 0. The maximum Gasteiger partial charge on any atom is 0.255 e. The molecule has 1 N–H and O–H groups in total. The molecule has 2 heterocycles. The highest BCUT2D eigenvalue weighted by molar-refractivity contribution is 5.93. The minimum absolute atomic E-state index is 0.154. The maximum absolute atomic E-state index is 12.2. The van der Waals surface area contributed by atoms with E-state index in [0.717, 1.165) is 5.82 Å². The molecule has 0 aliphatic carbocycles. The molecule has 0 fully saturated rings. The second-order valence-electron chi connectivity index (χ2n) is 5.47. The van der Waals surface area contributed by atoms with Crippen molar-refractivity contribution in [1.29, 1.82) is 0 Å². The molecular weight excluding hydrogens is 254 g/mol. The van der Waals surface area contributed by atoms with Gasteiger partial charge in [0.2, 0.25) is 0 Å². The first kappa shape index (κ1) is 14.3. The van der Waals surface area contributed by atoms with Crippen LogP contribution in [0.3, 0.4) is 0 Å². The van der Waals surface area contributed by atoms with E-state index >= 15 is 0 Å². The summed E-state index contributed by atoms with van der Waals surface area (Å²) in [4.78, 5) is 18.0. The van der Waals surface area contributed by atoms with Crippen molar-refractivity contribution in [3.05, 3.63) is 48.4 Å². The quantitative estimate of drug-likeness (QED) is 0.922. The summed E-state index contributed by atoms with van der Waals surface area (Å²) in [5.41, 5.74) is -0.407. The van der Waals surface area contributed by atoms with Crippen molar-refractivity contribution < 1.29 is 9.90 Å². The van der Waals surface area contributed by atoms with Gasteiger partial charge in [-0.2, -0.15) is 0 Å².